The van der Waals surface area contributed by atoms with Crippen LogP contribution in [0, 0.1) is 24.5 Å². The summed E-state index contributed by atoms with van der Waals surface area (Å²) in [6, 6.07) is 4.11. The van der Waals surface area contributed by atoms with Crippen LogP contribution in [0.4, 0.5) is 8.78 Å². The van der Waals surface area contributed by atoms with E-state index in [9.17, 15) is 8.78 Å². The maximum Gasteiger partial charge on any atom is 0.129 e. The summed E-state index contributed by atoms with van der Waals surface area (Å²) in [5.74, 6) is -0.350. The molecule has 1 aliphatic rings. The van der Waals surface area contributed by atoms with Crippen LogP contribution in [0.3, 0.4) is 0 Å². The zero-order chi connectivity index (χ0) is 17.1. The minimum atomic E-state index is -0.423. The number of piperidine rings is 1. The van der Waals surface area contributed by atoms with Gasteiger partial charge in [-0.05, 0) is 57.2 Å². The van der Waals surface area contributed by atoms with Gasteiger partial charge in [-0.3, -0.25) is 9.58 Å². The summed E-state index contributed by atoms with van der Waals surface area (Å²) >= 11 is 0. The number of hydrogen-bond acceptors (Lipinski definition) is 2. The molecule has 130 valence electrons. The van der Waals surface area contributed by atoms with Crippen LogP contribution in [0.5, 0.6) is 0 Å². The molecule has 5 heteroatoms. The molecular weight excluding hydrogens is 308 g/mol. The maximum atomic E-state index is 13.8. The Morgan fingerprint density at radius 1 is 1.25 bits per heavy atom. The van der Waals surface area contributed by atoms with Gasteiger partial charge in [0.25, 0.3) is 0 Å². The highest BCUT2D eigenvalue weighted by atomic mass is 19.1. The number of aryl methyl sites for hydroxylation is 2. The molecule has 3 nitrogen and oxygen atoms in total. The molecule has 1 atom stereocenters. The van der Waals surface area contributed by atoms with Crippen molar-refractivity contribution < 1.29 is 8.78 Å². The number of nitrogens with zero attached hydrogens (tertiary/aromatic N) is 3. The lowest BCUT2D eigenvalue weighted by molar-refractivity contribution is 0.161. The van der Waals surface area contributed by atoms with E-state index < -0.39 is 11.6 Å². The van der Waals surface area contributed by atoms with Gasteiger partial charge in [-0.2, -0.15) is 5.10 Å². The van der Waals surface area contributed by atoms with Crippen molar-refractivity contribution in [2.75, 3.05) is 13.1 Å². The Morgan fingerprint density at radius 2 is 2.00 bits per heavy atom. The second-order valence-electron chi connectivity index (χ2n) is 6.90. The van der Waals surface area contributed by atoms with Gasteiger partial charge in [-0.1, -0.05) is 6.07 Å². The van der Waals surface area contributed by atoms with E-state index in [2.05, 4.69) is 16.2 Å². The molecule has 24 heavy (non-hydrogen) atoms. The van der Waals surface area contributed by atoms with Crippen molar-refractivity contribution in [3.8, 4) is 0 Å². The normalized spacial score (nSPS) is 18.9. The van der Waals surface area contributed by atoms with Crippen LogP contribution in [0.15, 0.2) is 24.4 Å². The zero-order valence-corrected chi connectivity index (χ0v) is 14.4. The molecule has 1 aromatic carbocycles. The molecule has 0 radical (unpaired) electrons. The first-order valence-corrected chi connectivity index (χ1v) is 8.67. The van der Waals surface area contributed by atoms with Crippen LogP contribution in [0.25, 0.3) is 0 Å². The molecule has 1 aromatic heterocycles. The number of rotatable bonds is 5. The molecular formula is C19H25F2N3. The molecule has 2 heterocycles. The minimum absolute atomic E-state index is 0.234. The second-order valence-corrected chi connectivity index (χ2v) is 6.90. The first-order chi connectivity index (χ1) is 11.5. The number of likely N-dealkylation sites (tertiary alicyclic amines) is 1. The standard InChI is InChI=1S/C19H25F2N3/c1-14-16(12-23(2)22-14)13-24-10-4-5-15(11-24)8-9-17-18(20)6-3-7-19(17)21/h3,6-7,12,15H,4-5,8-11,13H2,1-2H3/t15-/m1/s1. The fourth-order valence-corrected chi connectivity index (χ4v) is 3.69. The highest BCUT2D eigenvalue weighted by Crippen LogP contribution is 2.25. The monoisotopic (exact) mass is 333 g/mol. The molecule has 0 amide bonds. The molecule has 0 unspecified atom stereocenters. The summed E-state index contributed by atoms with van der Waals surface area (Å²) in [7, 11) is 1.94. The van der Waals surface area contributed by atoms with E-state index in [1.54, 1.807) is 0 Å². The Labute approximate surface area is 142 Å². The predicted molar refractivity (Wildman–Crippen MR) is 90.6 cm³/mol. The van der Waals surface area contributed by atoms with Crippen molar-refractivity contribution in [3.63, 3.8) is 0 Å². The molecule has 1 fully saturated rings. The van der Waals surface area contributed by atoms with Crippen molar-refractivity contribution in [3.05, 3.63) is 52.9 Å². The van der Waals surface area contributed by atoms with E-state index in [1.807, 2.05) is 18.7 Å². The first-order valence-electron chi connectivity index (χ1n) is 8.67. The largest absolute Gasteiger partial charge is 0.299 e. The van der Waals surface area contributed by atoms with E-state index in [0.29, 0.717) is 12.3 Å². The van der Waals surface area contributed by atoms with Crippen molar-refractivity contribution in [1.29, 1.82) is 0 Å². The summed E-state index contributed by atoms with van der Waals surface area (Å²) in [5, 5.41) is 4.40. The molecule has 0 N–H and O–H groups in total. The Bertz CT molecular complexity index is 676. The molecule has 3 rings (SSSR count). The maximum absolute atomic E-state index is 13.8. The van der Waals surface area contributed by atoms with Gasteiger partial charge >= 0.3 is 0 Å². The number of aromatic nitrogens is 2. The van der Waals surface area contributed by atoms with Gasteiger partial charge in [0, 0.05) is 37.5 Å². The number of benzene rings is 1. The molecule has 0 saturated carbocycles. The Kier molecular flexibility index (Phi) is 5.29. The predicted octanol–water partition coefficient (Wildman–Crippen LogP) is 3.85. The topological polar surface area (TPSA) is 21.1 Å². The Balaban J connectivity index is 1.57. The Morgan fingerprint density at radius 3 is 2.67 bits per heavy atom. The lowest BCUT2D eigenvalue weighted by Gasteiger charge is -2.32. The summed E-state index contributed by atoms with van der Waals surface area (Å²) < 4.78 is 29.4. The lowest BCUT2D eigenvalue weighted by Crippen LogP contribution is -2.35. The summed E-state index contributed by atoms with van der Waals surface area (Å²) in [5.41, 5.74) is 2.57. The molecule has 0 aliphatic carbocycles. The van der Waals surface area contributed by atoms with E-state index in [0.717, 1.165) is 44.6 Å². The summed E-state index contributed by atoms with van der Waals surface area (Å²) in [6.07, 6.45) is 5.67. The first kappa shape index (κ1) is 17.1. The van der Waals surface area contributed by atoms with E-state index in [4.69, 9.17) is 0 Å². The van der Waals surface area contributed by atoms with E-state index in [-0.39, 0.29) is 5.56 Å². The highest BCUT2D eigenvalue weighted by Gasteiger charge is 2.22. The minimum Gasteiger partial charge on any atom is -0.299 e. The number of halogens is 2. The van der Waals surface area contributed by atoms with Crippen LogP contribution in [-0.2, 0) is 20.0 Å². The third kappa shape index (κ3) is 4.01. The zero-order valence-electron chi connectivity index (χ0n) is 14.4. The molecule has 2 aromatic rings. The van der Waals surface area contributed by atoms with Crippen molar-refractivity contribution in [2.45, 2.75) is 39.2 Å². The van der Waals surface area contributed by atoms with Crippen LogP contribution in [0.1, 0.15) is 36.1 Å². The van der Waals surface area contributed by atoms with Crippen molar-refractivity contribution in [1.82, 2.24) is 14.7 Å². The molecule has 1 saturated heterocycles. The smallest absolute Gasteiger partial charge is 0.129 e. The summed E-state index contributed by atoms with van der Waals surface area (Å²) in [4.78, 5) is 2.44. The molecule has 1 aliphatic heterocycles. The lowest BCUT2D eigenvalue weighted by atomic mass is 9.91. The van der Waals surface area contributed by atoms with E-state index in [1.165, 1.54) is 23.8 Å². The van der Waals surface area contributed by atoms with Gasteiger partial charge in [-0.15, -0.1) is 0 Å². The molecule has 0 spiro atoms. The van der Waals surface area contributed by atoms with Crippen LogP contribution in [0.2, 0.25) is 0 Å². The van der Waals surface area contributed by atoms with Crippen LogP contribution >= 0.6 is 0 Å². The van der Waals surface area contributed by atoms with Gasteiger partial charge in [-0.25, -0.2) is 8.78 Å². The third-order valence-electron chi connectivity index (χ3n) is 4.98. The van der Waals surface area contributed by atoms with Gasteiger partial charge in [0.2, 0.25) is 0 Å². The molecule has 0 bridgehead atoms. The Hall–Kier alpha value is -1.75. The third-order valence-corrected chi connectivity index (χ3v) is 4.98. The number of hydrogen-bond donors (Lipinski definition) is 0. The average Bonchev–Trinajstić information content (AvgIpc) is 2.85. The highest BCUT2D eigenvalue weighted by molar-refractivity contribution is 5.20. The fraction of sp³-hybridized carbons (Fsp3) is 0.526. The van der Waals surface area contributed by atoms with Crippen LogP contribution in [-0.4, -0.2) is 27.8 Å². The quantitative estimate of drug-likeness (QED) is 0.829. The van der Waals surface area contributed by atoms with Crippen molar-refractivity contribution in [2.24, 2.45) is 13.0 Å². The van der Waals surface area contributed by atoms with E-state index >= 15 is 0 Å². The fourth-order valence-electron chi connectivity index (χ4n) is 3.69. The summed E-state index contributed by atoms with van der Waals surface area (Å²) in [6.45, 7) is 5.02. The van der Waals surface area contributed by atoms with Crippen molar-refractivity contribution >= 4 is 0 Å². The SMILES string of the molecule is Cc1nn(C)cc1CN1CCC[C@H](CCc2c(F)cccc2F)C1. The second kappa shape index (κ2) is 7.43. The van der Waals surface area contributed by atoms with Crippen LogP contribution < -0.4 is 0 Å². The average molecular weight is 333 g/mol. The van der Waals surface area contributed by atoms with Gasteiger partial charge < -0.3 is 0 Å². The van der Waals surface area contributed by atoms with Gasteiger partial charge in [0.15, 0.2) is 0 Å². The van der Waals surface area contributed by atoms with Gasteiger partial charge in [0.05, 0.1) is 5.69 Å². The van der Waals surface area contributed by atoms with Gasteiger partial charge in [0.1, 0.15) is 11.6 Å².